The monoisotopic (exact) mass is 372 g/mol. The molecule has 0 saturated heterocycles. The number of nitro groups is 1. The van der Waals surface area contributed by atoms with Gasteiger partial charge in [-0.1, -0.05) is 24.3 Å². The van der Waals surface area contributed by atoms with E-state index in [1.165, 1.54) is 18.2 Å². The molecule has 1 N–H and O–H groups in total. The van der Waals surface area contributed by atoms with E-state index in [9.17, 15) is 14.9 Å². The van der Waals surface area contributed by atoms with Gasteiger partial charge in [0, 0.05) is 18.2 Å². The molecule has 0 aliphatic heterocycles. The van der Waals surface area contributed by atoms with Gasteiger partial charge in [0.25, 0.3) is 5.91 Å². The van der Waals surface area contributed by atoms with Crippen LogP contribution in [0.25, 0.3) is 0 Å². The van der Waals surface area contributed by atoms with Crippen molar-refractivity contribution in [3.8, 4) is 5.75 Å². The maximum Gasteiger partial charge on any atom is 0.311 e. The van der Waals surface area contributed by atoms with Crippen LogP contribution in [-0.4, -0.2) is 23.5 Å². The van der Waals surface area contributed by atoms with Gasteiger partial charge < -0.3 is 14.8 Å². The van der Waals surface area contributed by atoms with Gasteiger partial charge >= 0.3 is 5.69 Å². The topological polar surface area (TPSA) is 90.7 Å². The number of hydrogen-bond donors (Lipinski definition) is 1. The molecule has 1 amide bonds. The van der Waals surface area contributed by atoms with Crippen LogP contribution in [-0.2, 0) is 17.9 Å². The van der Waals surface area contributed by atoms with Gasteiger partial charge in [0.05, 0.1) is 24.2 Å². The fourth-order valence-corrected chi connectivity index (χ4v) is 2.48. The number of rotatable bonds is 9. The fraction of sp³-hybridized carbons (Fsp3) is 0.350. The maximum absolute atomic E-state index is 12.4. The fourth-order valence-electron chi connectivity index (χ4n) is 2.48. The second-order valence-corrected chi connectivity index (χ2v) is 6.18. The third kappa shape index (κ3) is 5.79. The van der Waals surface area contributed by atoms with E-state index in [-0.39, 0.29) is 29.0 Å². The molecule has 7 nitrogen and oxygen atoms in total. The summed E-state index contributed by atoms with van der Waals surface area (Å²) >= 11 is 0. The lowest BCUT2D eigenvalue weighted by Gasteiger charge is -2.13. The molecule has 7 heteroatoms. The number of nitrogens with zero attached hydrogens (tertiary/aromatic N) is 1. The molecule has 0 heterocycles. The predicted molar refractivity (Wildman–Crippen MR) is 102 cm³/mol. The number of benzene rings is 2. The molecule has 0 atom stereocenters. The Bertz CT molecular complexity index is 805. The Kier molecular flexibility index (Phi) is 7.31. The summed E-state index contributed by atoms with van der Waals surface area (Å²) < 4.78 is 10.9. The Morgan fingerprint density at radius 2 is 1.89 bits per heavy atom. The van der Waals surface area contributed by atoms with Crippen molar-refractivity contribution in [2.45, 2.75) is 40.0 Å². The Morgan fingerprint density at radius 3 is 2.52 bits per heavy atom. The zero-order valence-corrected chi connectivity index (χ0v) is 15.7. The van der Waals surface area contributed by atoms with Gasteiger partial charge in [-0.25, -0.2) is 0 Å². The van der Waals surface area contributed by atoms with Crippen molar-refractivity contribution in [3.05, 3.63) is 69.3 Å². The van der Waals surface area contributed by atoms with Crippen molar-refractivity contribution in [3.63, 3.8) is 0 Å². The zero-order valence-electron chi connectivity index (χ0n) is 15.7. The quantitative estimate of drug-likeness (QED) is 0.533. The molecular weight excluding hydrogens is 348 g/mol. The highest BCUT2D eigenvalue weighted by atomic mass is 16.6. The third-order valence-electron chi connectivity index (χ3n) is 3.85. The molecule has 144 valence electrons. The predicted octanol–water partition coefficient (Wildman–Crippen LogP) is 3.85. The standard InChI is InChI=1S/C20H24N2O5/c1-4-26-19-10-9-15(11-18(19)22(24)25)20(23)21-12-16-7-5-6-8-17(16)13-27-14(2)3/h5-11,14H,4,12-13H2,1-3H3,(H,21,23). The van der Waals surface area contributed by atoms with Crippen molar-refractivity contribution in [1.82, 2.24) is 5.32 Å². The number of nitro benzene ring substituents is 1. The van der Waals surface area contributed by atoms with E-state index < -0.39 is 4.92 Å². The van der Waals surface area contributed by atoms with E-state index >= 15 is 0 Å². The lowest BCUT2D eigenvalue weighted by Crippen LogP contribution is -2.23. The molecule has 0 radical (unpaired) electrons. The summed E-state index contributed by atoms with van der Waals surface area (Å²) in [5, 5.41) is 14.0. The highest BCUT2D eigenvalue weighted by Gasteiger charge is 2.18. The minimum absolute atomic E-state index is 0.108. The number of amides is 1. The van der Waals surface area contributed by atoms with Gasteiger partial charge in [-0.2, -0.15) is 0 Å². The first-order chi connectivity index (χ1) is 12.9. The summed E-state index contributed by atoms with van der Waals surface area (Å²) in [6, 6.07) is 11.9. The van der Waals surface area contributed by atoms with Crippen molar-refractivity contribution in [2.24, 2.45) is 0 Å². The number of nitrogens with one attached hydrogen (secondary N) is 1. The largest absolute Gasteiger partial charge is 0.487 e. The van der Waals surface area contributed by atoms with Crippen LogP contribution >= 0.6 is 0 Å². The Hall–Kier alpha value is -2.93. The summed E-state index contributed by atoms with van der Waals surface area (Å²) in [6.45, 7) is 6.73. The van der Waals surface area contributed by atoms with Crippen molar-refractivity contribution in [1.29, 1.82) is 0 Å². The molecule has 0 fully saturated rings. The molecule has 2 rings (SSSR count). The molecular formula is C20H24N2O5. The number of carbonyl (C=O) groups is 1. The van der Waals surface area contributed by atoms with Gasteiger partial charge in [0.2, 0.25) is 0 Å². The first kappa shape index (κ1) is 20.4. The second kappa shape index (κ2) is 9.68. The van der Waals surface area contributed by atoms with E-state index in [2.05, 4.69) is 5.32 Å². The van der Waals surface area contributed by atoms with Crippen LogP contribution in [0.2, 0.25) is 0 Å². The first-order valence-electron chi connectivity index (χ1n) is 8.80. The van der Waals surface area contributed by atoms with Gasteiger partial charge in [-0.15, -0.1) is 0 Å². The van der Waals surface area contributed by atoms with Gasteiger partial charge in [-0.05, 0) is 44.0 Å². The SMILES string of the molecule is CCOc1ccc(C(=O)NCc2ccccc2COC(C)C)cc1[N+](=O)[O-]. The summed E-state index contributed by atoms with van der Waals surface area (Å²) in [4.78, 5) is 23.1. The summed E-state index contributed by atoms with van der Waals surface area (Å²) in [7, 11) is 0. The minimum Gasteiger partial charge on any atom is -0.487 e. The normalized spacial score (nSPS) is 10.7. The Labute approximate surface area is 158 Å². The average molecular weight is 372 g/mol. The van der Waals surface area contributed by atoms with Crippen LogP contribution in [0.5, 0.6) is 5.75 Å². The van der Waals surface area contributed by atoms with Crippen LogP contribution in [0.4, 0.5) is 5.69 Å². The third-order valence-corrected chi connectivity index (χ3v) is 3.85. The highest BCUT2D eigenvalue weighted by molar-refractivity contribution is 5.95. The highest BCUT2D eigenvalue weighted by Crippen LogP contribution is 2.28. The summed E-state index contributed by atoms with van der Waals surface area (Å²) in [6.07, 6.45) is 0.108. The van der Waals surface area contributed by atoms with Crippen LogP contribution < -0.4 is 10.1 Å². The van der Waals surface area contributed by atoms with E-state index in [4.69, 9.17) is 9.47 Å². The molecule has 2 aromatic rings. The van der Waals surface area contributed by atoms with E-state index in [0.717, 1.165) is 11.1 Å². The molecule has 27 heavy (non-hydrogen) atoms. The van der Waals surface area contributed by atoms with Crippen LogP contribution in [0, 0.1) is 10.1 Å². The molecule has 0 saturated carbocycles. The molecule has 0 spiro atoms. The van der Waals surface area contributed by atoms with Crippen molar-refractivity contribution in [2.75, 3.05) is 6.61 Å². The van der Waals surface area contributed by atoms with E-state index in [1.807, 2.05) is 38.1 Å². The lowest BCUT2D eigenvalue weighted by molar-refractivity contribution is -0.385. The summed E-state index contributed by atoms with van der Waals surface area (Å²) in [5.41, 5.74) is 1.91. The molecule has 0 aliphatic rings. The zero-order chi connectivity index (χ0) is 19.8. The number of ether oxygens (including phenoxy) is 2. The molecule has 0 unspecified atom stereocenters. The van der Waals surface area contributed by atoms with E-state index in [1.54, 1.807) is 6.92 Å². The Morgan fingerprint density at radius 1 is 1.19 bits per heavy atom. The van der Waals surface area contributed by atoms with Crippen LogP contribution in [0.1, 0.15) is 42.3 Å². The lowest BCUT2D eigenvalue weighted by atomic mass is 10.1. The van der Waals surface area contributed by atoms with Crippen molar-refractivity contribution < 1.29 is 19.2 Å². The van der Waals surface area contributed by atoms with Gasteiger partial charge in [0.15, 0.2) is 5.75 Å². The summed E-state index contributed by atoms with van der Waals surface area (Å²) in [5.74, 6) is -0.240. The smallest absolute Gasteiger partial charge is 0.311 e. The van der Waals surface area contributed by atoms with Gasteiger partial charge in [0.1, 0.15) is 0 Å². The molecule has 0 aromatic heterocycles. The average Bonchev–Trinajstić information content (AvgIpc) is 2.65. The maximum atomic E-state index is 12.4. The molecule has 0 aliphatic carbocycles. The Balaban J connectivity index is 2.10. The number of hydrogen-bond acceptors (Lipinski definition) is 5. The van der Waals surface area contributed by atoms with Gasteiger partial charge in [-0.3, -0.25) is 14.9 Å². The second-order valence-electron chi connectivity index (χ2n) is 6.18. The first-order valence-corrected chi connectivity index (χ1v) is 8.80. The van der Waals surface area contributed by atoms with E-state index in [0.29, 0.717) is 19.8 Å². The minimum atomic E-state index is -0.555. The van der Waals surface area contributed by atoms with Crippen LogP contribution in [0.15, 0.2) is 42.5 Å². The van der Waals surface area contributed by atoms with Crippen molar-refractivity contribution >= 4 is 11.6 Å². The molecule has 2 aromatic carbocycles. The number of carbonyl (C=O) groups excluding carboxylic acids is 1. The molecule has 0 bridgehead atoms. The van der Waals surface area contributed by atoms with Crippen LogP contribution in [0.3, 0.4) is 0 Å².